The molecule has 1 aromatic rings. The maximum atomic E-state index is 12.1. The molecule has 1 heterocycles. The highest BCUT2D eigenvalue weighted by molar-refractivity contribution is 5.80. The van der Waals surface area contributed by atoms with E-state index in [0.717, 1.165) is 31.2 Å². The molecule has 0 radical (unpaired) electrons. The third-order valence-electron chi connectivity index (χ3n) is 4.05. The lowest BCUT2D eigenvalue weighted by Gasteiger charge is -2.19. The summed E-state index contributed by atoms with van der Waals surface area (Å²) in [5.74, 6) is 0.998. The van der Waals surface area contributed by atoms with E-state index >= 15 is 0 Å². The normalized spacial score (nSPS) is 18.4. The molecule has 6 heteroatoms. The van der Waals surface area contributed by atoms with Crippen LogP contribution in [0.5, 0.6) is 11.5 Å². The summed E-state index contributed by atoms with van der Waals surface area (Å²) < 4.78 is 22.4. The topological polar surface area (TPSA) is 66.4 Å². The molecule has 0 saturated heterocycles. The van der Waals surface area contributed by atoms with Gasteiger partial charge in [0.05, 0.1) is 19.8 Å². The molecule has 1 aliphatic heterocycles. The van der Waals surface area contributed by atoms with Crippen LogP contribution in [0.4, 0.5) is 0 Å². The van der Waals surface area contributed by atoms with E-state index in [0.29, 0.717) is 31.3 Å². The van der Waals surface area contributed by atoms with Gasteiger partial charge in [-0.1, -0.05) is 32.8 Å². The van der Waals surface area contributed by atoms with Crippen LogP contribution in [-0.2, 0) is 14.3 Å². The van der Waals surface area contributed by atoms with Gasteiger partial charge in [-0.25, -0.2) is 9.79 Å². The minimum Gasteiger partial charge on any atom is -0.490 e. The SMILES string of the molecule is CCCCOc1ccc([C@H]2OC=N[C@@H]2C(=O)OCC)cc1OCCCC. The van der Waals surface area contributed by atoms with Crippen LogP contribution in [-0.4, -0.2) is 38.2 Å². The van der Waals surface area contributed by atoms with Gasteiger partial charge in [-0.2, -0.15) is 0 Å². The molecule has 0 aliphatic carbocycles. The van der Waals surface area contributed by atoms with Crippen LogP contribution in [0, 0.1) is 0 Å². The number of rotatable bonds is 11. The van der Waals surface area contributed by atoms with Crippen LogP contribution in [0.15, 0.2) is 23.2 Å². The fraction of sp³-hybridized carbons (Fsp3) is 0.600. The zero-order valence-electron chi connectivity index (χ0n) is 15.9. The molecule has 1 aromatic carbocycles. The van der Waals surface area contributed by atoms with Crippen molar-refractivity contribution >= 4 is 12.4 Å². The van der Waals surface area contributed by atoms with E-state index in [1.54, 1.807) is 6.92 Å². The van der Waals surface area contributed by atoms with Gasteiger partial charge in [0.25, 0.3) is 0 Å². The van der Waals surface area contributed by atoms with Crippen molar-refractivity contribution in [3.63, 3.8) is 0 Å². The van der Waals surface area contributed by atoms with E-state index in [1.807, 2.05) is 18.2 Å². The molecule has 0 N–H and O–H groups in total. The number of carbonyl (C=O) groups excluding carboxylic acids is 1. The highest BCUT2D eigenvalue weighted by Crippen LogP contribution is 2.35. The van der Waals surface area contributed by atoms with E-state index in [-0.39, 0.29) is 5.97 Å². The van der Waals surface area contributed by atoms with Crippen molar-refractivity contribution in [2.24, 2.45) is 4.99 Å². The zero-order chi connectivity index (χ0) is 18.8. The van der Waals surface area contributed by atoms with Crippen molar-refractivity contribution < 1.29 is 23.7 Å². The van der Waals surface area contributed by atoms with Gasteiger partial charge in [-0.05, 0) is 37.5 Å². The largest absolute Gasteiger partial charge is 0.490 e. The van der Waals surface area contributed by atoms with Crippen LogP contribution in [0.3, 0.4) is 0 Å². The van der Waals surface area contributed by atoms with E-state index in [9.17, 15) is 4.79 Å². The molecule has 2 atom stereocenters. The molecule has 0 spiro atoms. The number of benzene rings is 1. The Hall–Kier alpha value is -2.24. The lowest BCUT2D eigenvalue weighted by molar-refractivity contribution is -0.146. The fourth-order valence-electron chi connectivity index (χ4n) is 2.58. The monoisotopic (exact) mass is 363 g/mol. The van der Waals surface area contributed by atoms with Crippen molar-refractivity contribution in [2.75, 3.05) is 19.8 Å². The van der Waals surface area contributed by atoms with Gasteiger partial charge >= 0.3 is 5.97 Å². The molecule has 2 rings (SSSR count). The highest BCUT2D eigenvalue weighted by atomic mass is 16.5. The van der Waals surface area contributed by atoms with E-state index < -0.39 is 12.1 Å². The zero-order valence-corrected chi connectivity index (χ0v) is 15.9. The van der Waals surface area contributed by atoms with Gasteiger partial charge in [-0.15, -0.1) is 0 Å². The number of carbonyl (C=O) groups is 1. The summed E-state index contributed by atoms with van der Waals surface area (Å²) in [6, 6.07) is 4.95. The molecular weight excluding hydrogens is 334 g/mol. The second-order valence-corrected chi connectivity index (χ2v) is 6.12. The molecule has 6 nitrogen and oxygen atoms in total. The van der Waals surface area contributed by atoms with E-state index in [2.05, 4.69) is 18.8 Å². The van der Waals surface area contributed by atoms with Crippen molar-refractivity contribution in [3.05, 3.63) is 23.8 Å². The van der Waals surface area contributed by atoms with E-state index in [1.165, 1.54) is 6.40 Å². The summed E-state index contributed by atoms with van der Waals surface area (Å²) in [6.07, 6.45) is 4.88. The van der Waals surface area contributed by atoms with Gasteiger partial charge in [0.2, 0.25) is 0 Å². The van der Waals surface area contributed by atoms with Crippen LogP contribution < -0.4 is 9.47 Å². The Morgan fingerprint density at radius 1 is 1.08 bits per heavy atom. The third-order valence-corrected chi connectivity index (χ3v) is 4.05. The van der Waals surface area contributed by atoms with Crippen molar-refractivity contribution in [2.45, 2.75) is 58.6 Å². The Kier molecular flexibility index (Phi) is 8.25. The number of ether oxygens (including phenoxy) is 4. The third kappa shape index (κ3) is 5.38. The molecule has 0 bridgehead atoms. The first-order valence-electron chi connectivity index (χ1n) is 9.44. The Labute approximate surface area is 155 Å². The standard InChI is InChI=1S/C20H29NO5/c1-4-7-11-24-16-10-9-15(13-17(16)25-12-8-5-2)19-18(21-14-26-19)20(22)23-6-3/h9-10,13-14,18-19H,4-8,11-12H2,1-3H3/t18-,19+/m0/s1. The second-order valence-electron chi connectivity index (χ2n) is 6.12. The van der Waals surface area contributed by atoms with Crippen molar-refractivity contribution in [3.8, 4) is 11.5 Å². The predicted molar refractivity (Wildman–Crippen MR) is 100.0 cm³/mol. The molecule has 0 fully saturated rings. The number of aliphatic imine (C=N–C) groups is 1. The maximum absolute atomic E-state index is 12.1. The molecule has 0 unspecified atom stereocenters. The fourth-order valence-corrected chi connectivity index (χ4v) is 2.58. The molecular formula is C20H29NO5. The van der Waals surface area contributed by atoms with Gasteiger partial charge in [0.15, 0.2) is 30.0 Å². The Morgan fingerprint density at radius 3 is 2.42 bits per heavy atom. The minimum absolute atomic E-state index is 0.313. The summed E-state index contributed by atoms with van der Waals surface area (Å²) in [5, 5.41) is 0. The molecule has 26 heavy (non-hydrogen) atoms. The molecule has 0 amide bonds. The van der Waals surface area contributed by atoms with Gasteiger partial charge in [0.1, 0.15) is 0 Å². The number of nitrogens with zero attached hydrogens (tertiary/aromatic N) is 1. The Bertz CT molecular complexity index is 602. The summed E-state index contributed by atoms with van der Waals surface area (Å²) in [5.41, 5.74) is 0.815. The minimum atomic E-state index is -0.690. The predicted octanol–water partition coefficient (Wildman–Crippen LogP) is 4.08. The van der Waals surface area contributed by atoms with E-state index in [4.69, 9.17) is 18.9 Å². The summed E-state index contributed by atoms with van der Waals surface area (Å²) in [4.78, 5) is 16.2. The van der Waals surface area contributed by atoms with Gasteiger partial charge < -0.3 is 18.9 Å². The second kappa shape index (κ2) is 10.7. The first-order chi connectivity index (χ1) is 12.7. The first kappa shape index (κ1) is 20.1. The average molecular weight is 363 g/mol. The van der Waals surface area contributed by atoms with Crippen LogP contribution in [0.1, 0.15) is 58.1 Å². The maximum Gasteiger partial charge on any atom is 0.335 e. The van der Waals surface area contributed by atoms with Crippen molar-refractivity contribution in [1.82, 2.24) is 0 Å². The highest BCUT2D eigenvalue weighted by Gasteiger charge is 2.35. The Balaban J connectivity index is 2.17. The number of unbranched alkanes of at least 4 members (excludes halogenated alkanes) is 2. The molecule has 144 valence electrons. The summed E-state index contributed by atoms with van der Waals surface area (Å²) in [7, 11) is 0. The summed E-state index contributed by atoms with van der Waals surface area (Å²) in [6.45, 7) is 7.59. The van der Waals surface area contributed by atoms with Gasteiger partial charge in [0, 0.05) is 0 Å². The lowest BCUT2D eigenvalue weighted by atomic mass is 10.0. The lowest BCUT2D eigenvalue weighted by Crippen LogP contribution is -2.26. The van der Waals surface area contributed by atoms with Gasteiger partial charge in [-0.3, -0.25) is 0 Å². The smallest absolute Gasteiger partial charge is 0.335 e. The quantitative estimate of drug-likeness (QED) is 0.438. The number of esters is 1. The first-order valence-corrected chi connectivity index (χ1v) is 9.44. The van der Waals surface area contributed by atoms with Crippen LogP contribution in [0.25, 0.3) is 0 Å². The van der Waals surface area contributed by atoms with Crippen LogP contribution in [0.2, 0.25) is 0 Å². The summed E-state index contributed by atoms with van der Waals surface area (Å²) >= 11 is 0. The van der Waals surface area contributed by atoms with Crippen LogP contribution >= 0.6 is 0 Å². The molecule has 0 aromatic heterocycles. The van der Waals surface area contributed by atoms with Crippen molar-refractivity contribution in [1.29, 1.82) is 0 Å². The number of hydrogen-bond acceptors (Lipinski definition) is 6. The average Bonchev–Trinajstić information content (AvgIpc) is 3.13. The molecule has 0 saturated carbocycles. The molecule has 1 aliphatic rings. The Morgan fingerprint density at radius 2 is 1.77 bits per heavy atom. The number of hydrogen-bond donors (Lipinski definition) is 0.